The van der Waals surface area contributed by atoms with Crippen molar-refractivity contribution in [1.29, 1.82) is 0 Å². The number of carbonyl (C=O) groups excluding carboxylic acids is 1. The van der Waals surface area contributed by atoms with Crippen molar-refractivity contribution in [3.05, 3.63) is 59.7 Å². The molecule has 0 spiro atoms. The molecule has 0 saturated carbocycles. The molecule has 5 heteroatoms. The molecule has 2 heterocycles. The first-order chi connectivity index (χ1) is 11.7. The average molecular weight is 324 g/mol. The highest BCUT2D eigenvalue weighted by atomic mass is 16.5. The van der Waals surface area contributed by atoms with Crippen LogP contribution in [-0.2, 0) is 9.53 Å². The zero-order chi connectivity index (χ0) is 16.9. The van der Waals surface area contributed by atoms with Crippen molar-refractivity contribution < 1.29 is 24.1 Å². The third-order valence-electron chi connectivity index (χ3n) is 3.41. The van der Waals surface area contributed by atoms with Gasteiger partial charge in [0.2, 0.25) is 5.75 Å². The molecule has 2 aromatic carbocycles. The van der Waals surface area contributed by atoms with Crippen molar-refractivity contribution in [1.82, 2.24) is 0 Å². The standard InChI is InChI=1S/C19H16O5/c1-22-19-16(20)11-14-6-9-18(21)23-10-2-3-13-4-7-15(8-5-13)24-17(19)12-14/h2-9,11-12,20H,10H2,1H3/b3-2-,9-6-. The molecule has 0 atom stereocenters. The lowest BCUT2D eigenvalue weighted by Gasteiger charge is -2.13. The van der Waals surface area contributed by atoms with E-state index in [-0.39, 0.29) is 18.1 Å². The summed E-state index contributed by atoms with van der Waals surface area (Å²) in [6.45, 7) is 0.181. The Balaban J connectivity index is 2.07. The first kappa shape index (κ1) is 15.7. The maximum atomic E-state index is 11.7. The van der Waals surface area contributed by atoms with E-state index in [0.717, 1.165) is 5.56 Å². The number of aromatic hydroxyl groups is 1. The number of phenols is 1. The summed E-state index contributed by atoms with van der Waals surface area (Å²) in [4.78, 5) is 11.7. The maximum absolute atomic E-state index is 11.7. The Morgan fingerprint density at radius 2 is 1.83 bits per heavy atom. The fourth-order valence-corrected chi connectivity index (χ4v) is 2.29. The highest BCUT2D eigenvalue weighted by Crippen LogP contribution is 2.40. The predicted molar refractivity (Wildman–Crippen MR) is 90.2 cm³/mol. The lowest BCUT2D eigenvalue weighted by molar-refractivity contribution is -0.136. The molecular weight excluding hydrogens is 308 g/mol. The third-order valence-corrected chi connectivity index (χ3v) is 3.41. The SMILES string of the molecule is COc1c(O)cc2cc1Oc1ccc(cc1)/C=C\COC(=O)/C=C\2. The Bertz CT molecular complexity index is 803. The molecule has 5 nitrogen and oxygen atoms in total. The van der Waals surface area contributed by atoms with Gasteiger partial charge in [-0.05, 0) is 47.5 Å². The lowest BCUT2D eigenvalue weighted by Crippen LogP contribution is -1.99. The molecule has 0 aliphatic carbocycles. The second kappa shape index (κ2) is 6.91. The minimum atomic E-state index is -0.470. The number of carbonyl (C=O) groups is 1. The largest absolute Gasteiger partial charge is 0.504 e. The Kier molecular flexibility index (Phi) is 4.52. The van der Waals surface area contributed by atoms with E-state index in [1.54, 1.807) is 18.2 Å². The first-order valence-corrected chi connectivity index (χ1v) is 7.36. The van der Waals surface area contributed by atoms with Gasteiger partial charge >= 0.3 is 5.97 Å². The quantitative estimate of drug-likeness (QED) is 0.809. The molecule has 122 valence electrons. The number of fused-ring (bicyclic) bond motifs is 6. The molecule has 2 aromatic rings. The topological polar surface area (TPSA) is 65.0 Å². The van der Waals surface area contributed by atoms with Crippen LogP contribution in [0.15, 0.2) is 48.6 Å². The van der Waals surface area contributed by atoms with E-state index in [9.17, 15) is 9.90 Å². The lowest BCUT2D eigenvalue weighted by atomic mass is 10.1. The summed E-state index contributed by atoms with van der Waals surface area (Å²) < 4.78 is 16.1. The third kappa shape index (κ3) is 3.57. The van der Waals surface area contributed by atoms with Gasteiger partial charge in [-0.15, -0.1) is 0 Å². The fourth-order valence-electron chi connectivity index (χ4n) is 2.29. The van der Waals surface area contributed by atoms with Gasteiger partial charge in [-0.2, -0.15) is 0 Å². The number of phenolic OH excluding ortho intramolecular Hbond substituents is 1. The van der Waals surface area contributed by atoms with Crippen LogP contribution in [0.3, 0.4) is 0 Å². The Labute approximate surface area is 139 Å². The van der Waals surface area contributed by atoms with E-state index in [4.69, 9.17) is 14.2 Å². The smallest absolute Gasteiger partial charge is 0.331 e. The molecule has 0 amide bonds. The number of ether oxygens (including phenoxy) is 3. The number of benzene rings is 2. The van der Waals surface area contributed by atoms with Gasteiger partial charge in [0.25, 0.3) is 0 Å². The summed E-state index contributed by atoms with van der Waals surface area (Å²) in [6, 6.07) is 10.5. The van der Waals surface area contributed by atoms with E-state index < -0.39 is 5.97 Å². The number of rotatable bonds is 1. The Hall–Kier alpha value is -3.21. The summed E-state index contributed by atoms with van der Waals surface area (Å²) in [5.41, 5.74) is 1.54. The van der Waals surface area contributed by atoms with E-state index in [1.165, 1.54) is 19.3 Å². The normalized spacial score (nSPS) is 16.3. The van der Waals surface area contributed by atoms with Gasteiger partial charge in [0, 0.05) is 6.08 Å². The van der Waals surface area contributed by atoms with Gasteiger partial charge in [-0.3, -0.25) is 0 Å². The molecule has 1 N–H and O–H groups in total. The van der Waals surface area contributed by atoms with Crippen LogP contribution < -0.4 is 9.47 Å². The Morgan fingerprint density at radius 1 is 1.04 bits per heavy atom. The number of hydrogen-bond acceptors (Lipinski definition) is 5. The second-order valence-corrected chi connectivity index (χ2v) is 5.11. The van der Waals surface area contributed by atoms with E-state index in [2.05, 4.69) is 0 Å². The van der Waals surface area contributed by atoms with Gasteiger partial charge in [0.1, 0.15) is 12.4 Å². The summed E-state index contributed by atoms with van der Waals surface area (Å²) >= 11 is 0. The number of methoxy groups -OCH3 is 1. The van der Waals surface area contributed by atoms with Crippen LogP contribution in [0.2, 0.25) is 0 Å². The second-order valence-electron chi connectivity index (χ2n) is 5.11. The van der Waals surface area contributed by atoms with Gasteiger partial charge in [0.15, 0.2) is 11.5 Å². The molecule has 2 aliphatic heterocycles. The van der Waals surface area contributed by atoms with E-state index in [0.29, 0.717) is 17.1 Å². The van der Waals surface area contributed by atoms with Gasteiger partial charge < -0.3 is 19.3 Å². The number of esters is 1. The Morgan fingerprint density at radius 3 is 2.58 bits per heavy atom. The van der Waals surface area contributed by atoms with Crippen molar-refractivity contribution >= 4 is 18.1 Å². The molecule has 0 unspecified atom stereocenters. The molecule has 0 fully saturated rings. The molecule has 0 aromatic heterocycles. The van der Waals surface area contributed by atoms with Gasteiger partial charge in [-0.25, -0.2) is 4.79 Å². The van der Waals surface area contributed by atoms with E-state index in [1.807, 2.05) is 30.3 Å². The van der Waals surface area contributed by atoms with Crippen LogP contribution in [0, 0.1) is 0 Å². The molecule has 0 radical (unpaired) electrons. The van der Waals surface area contributed by atoms with Crippen molar-refractivity contribution in [3.63, 3.8) is 0 Å². The highest BCUT2D eigenvalue weighted by molar-refractivity contribution is 5.87. The summed E-state index contributed by atoms with van der Waals surface area (Å²) in [5.74, 6) is 0.632. The van der Waals surface area contributed by atoms with Crippen LogP contribution in [0.5, 0.6) is 23.0 Å². The highest BCUT2D eigenvalue weighted by Gasteiger charge is 2.13. The van der Waals surface area contributed by atoms with Crippen molar-refractivity contribution in [2.75, 3.05) is 13.7 Å². The maximum Gasteiger partial charge on any atom is 0.331 e. The molecule has 4 bridgehead atoms. The van der Waals surface area contributed by atoms with Crippen LogP contribution >= 0.6 is 0 Å². The monoisotopic (exact) mass is 324 g/mol. The minimum Gasteiger partial charge on any atom is -0.504 e. The first-order valence-electron chi connectivity index (χ1n) is 7.36. The van der Waals surface area contributed by atoms with Crippen molar-refractivity contribution in [2.45, 2.75) is 0 Å². The average Bonchev–Trinajstić information content (AvgIpc) is 2.58. The summed E-state index contributed by atoms with van der Waals surface area (Å²) in [6.07, 6.45) is 6.45. The van der Waals surface area contributed by atoms with E-state index >= 15 is 0 Å². The van der Waals surface area contributed by atoms with Crippen LogP contribution in [0.1, 0.15) is 11.1 Å². The predicted octanol–water partition coefficient (Wildman–Crippen LogP) is 3.78. The molecule has 24 heavy (non-hydrogen) atoms. The zero-order valence-corrected chi connectivity index (χ0v) is 13.1. The van der Waals surface area contributed by atoms with Crippen LogP contribution in [0.4, 0.5) is 0 Å². The van der Waals surface area contributed by atoms with Gasteiger partial charge in [-0.1, -0.05) is 18.2 Å². The van der Waals surface area contributed by atoms with Crippen molar-refractivity contribution in [2.24, 2.45) is 0 Å². The zero-order valence-electron chi connectivity index (χ0n) is 13.1. The van der Waals surface area contributed by atoms with Crippen LogP contribution in [-0.4, -0.2) is 24.8 Å². The fraction of sp³-hybridized carbons (Fsp3) is 0.105. The van der Waals surface area contributed by atoms with Gasteiger partial charge in [0.05, 0.1) is 7.11 Å². The van der Waals surface area contributed by atoms with Crippen molar-refractivity contribution in [3.8, 4) is 23.0 Å². The summed E-state index contributed by atoms with van der Waals surface area (Å²) in [7, 11) is 1.45. The van der Waals surface area contributed by atoms with Crippen LogP contribution in [0.25, 0.3) is 12.2 Å². The summed E-state index contributed by atoms with van der Waals surface area (Å²) in [5, 5.41) is 10.1. The molecule has 0 saturated heterocycles. The minimum absolute atomic E-state index is 0.0781. The molecular formula is C19H16O5. The molecule has 2 aliphatic rings. The molecule has 4 rings (SSSR count). The number of hydrogen-bond donors (Lipinski definition) is 1.